The number of methoxy groups -OCH3 is 1. The fourth-order valence-electron chi connectivity index (χ4n) is 2.80. The Labute approximate surface area is 158 Å². The number of rotatable bonds is 6. The molecule has 1 heterocycles. The van der Waals surface area contributed by atoms with E-state index in [2.05, 4.69) is 17.2 Å². The number of nitrogens with one attached hydrogen (secondary N) is 1. The van der Waals surface area contributed by atoms with Gasteiger partial charge >= 0.3 is 0 Å². The first-order valence-electron chi connectivity index (χ1n) is 8.49. The van der Waals surface area contributed by atoms with Crippen molar-refractivity contribution in [3.05, 3.63) is 65.7 Å². The lowest BCUT2D eigenvalue weighted by molar-refractivity contribution is -0.119. The van der Waals surface area contributed by atoms with Crippen LogP contribution in [0, 0.1) is 6.92 Å². The molecule has 1 aromatic heterocycles. The molecule has 0 bridgehead atoms. The van der Waals surface area contributed by atoms with Crippen molar-refractivity contribution in [3.8, 4) is 5.75 Å². The first-order chi connectivity index (χ1) is 12.6. The summed E-state index contributed by atoms with van der Waals surface area (Å²) in [6.07, 6.45) is 0. The average molecular weight is 366 g/mol. The molecule has 134 valence electrons. The fourth-order valence-corrected chi connectivity index (χ4v) is 3.59. The van der Waals surface area contributed by atoms with Crippen LogP contribution in [0.2, 0.25) is 0 Å². The quantitative estimate of drug-likeness (QED) is 0.652. The Kier molecular flexibility index (Phi) is 5.78. The summed E-state index contributed by atoms with van der Waals surface area (Å²) in [4.78, 5) is 16.9. The summed E-state index contributed by atoms with van der Waals surface area (Å²) in [6, 6.07) is 17.8. The molecule has 0 saturated carbocycles. The molecule has 1 N–H and O–H groups in total. The highest BCUT2D eigenvalue weighted by Gasteiger charge is 2.11. The van der Waals surface area contributed by atoms with Crippen molar-refractivity contribution in [1.82, 2.24) is 10.3 Å². The predicted molar refractivity (Wildman–Crippen MR) is 107 cm³/mol. The van der Waals surface area contributed by atoms with Gasteiger partial charge in [-0.3, -0.25) is 4.79 Å². The molecule has 0 radical (unpaired) electrons. The van der Waals surface area contributed by atoms with E-state index in [-0.39, 0.29) is 11.9 Å². The van der Waals surface area contributed by atoms with Crippen LogP contribution in [0.4, 0.5) is 0 Å². The van der Waals surface area contributed by atoms with E-state index in [1.54, 1.807) is 7.11 Å². The second-order valence-corrected chi connectivity index (χ2v) is 7.14. The summed E-state index contributed by atoms with van der Waals surface area (Å²) in [5.74, 6) is 1.11. The molecule has 0 aliphatic heterocycles. The number of aromatic nitrogens is 1. The molecule has 1 amide bonds. The lowest BCUT2D eigenvalue weighted by Crippen LogP contribution is -2.28. The van der Waals surface area contributed by atoms with E-state index in [1.165, 1.54) is 11.8 Å². The molecular weight excluding hydrogens is 344 g/mol. The summed E-state index contributed by atoms with van der Waals surface area (Å²) in [5.41, 5.74) is 3.11. The predicted octanol–water partition coefficient (Wildman–Crippen LogP) is 4.52. The lowest BCUT2D eigenvalue weighted by Gasteiger charge is -2.14. The Balaban J connectivity index is 1.66. The van der Waals surface area contributed by atoms with Gasteiger partial charge in [-0.1, -0.05) is 42.1 Å². The maximum absolute atomic E-state index is 12.3. The van der Waals surface area contributed by atoms with E-state index >= 15 is 0 Å². The zero-order valence-electron chi connectivity index (χ0n) is 15.2. The number of carbonyl (C=O) groups excluding carboxylic acids is 1. The van der Waals surface area contributed by atoms with Crippen LogP contribution in [0.25, 0.3) is 10.9 Å². The van der Waals surface area contributed by atoms with Crippen molar-refractivity contribution in [2.24, 2.45) is 0 Å². The SMILES string of the molecule is COc1ccc2c(C)cc(SCC(=O)N[C@H](C)c3ccccc3)nc2c1. The molecule has 4 nitrogen and oxygen atoms in total. The van der Waals surface area contributed by atoms with Crippen LogP contribution >= 0.6 is 11.8 Å². The molecule has 5 heteroatoms. The van der Waals surface area contributed by atoms with Crippen molar-refractivity contribution in [2.75, 3.05) is 12.9 Å². The highest BCUT2D eigenvalue weighted by Crippen LogP contribution is 2.26. The van der Waals surface area contributed by atoms with Crippen LogP contribution in [-0.4, -0.2) is 23.8 Å². The third-order valence-electron chi connectivity index (χ3n) is 4.23. The van der Waals surface area contributed by atoms with Crippen molar-refractivity contribution >= 4 is 28.6 Å². The largest absolute Gasteiger partial charge is 0.497 e. The minimum Gasteiger partial charge on any atom is -0.497 e. The highest BCUT2D eigenvalue weighted by molar-refractivity contribution is 7.99. The van der Waals surface area contributed by atoms with Crippen LogP contribution in [0.3, 0.4) is 0 Å². The van der Waals surface area contributed by atoms with E-state index < -0.39 is 0 Å². The van der Waals surface area contributed by atoms with Gasteiger partial charge in [-0.15, -0.1) is 0 Å². The van der Waals surface area contributed by atoms with Crippen LogP contribution < -0.4 is 10.1 Å². The molecule has 2 aromatic carbocycles. The number of hydrogen-bond donors (Lipinski definition) is 1. The molecule has 0 unspecified atom stereocenters. The van der Waals surface area contributed by atoms with E-state index in [0.29, 0.717) is 5.75 Å². The van der Waals surface area contributed by atoms with Gasteiger partial charge in [0.2, 0.25) is 5.91 Å². The minimum absolute atomic E-state index is 0.00320. The Morgan fingerprint density at radius 3 is 2.69 bits per heavy atom. The number of thioether (sulfide) groups is 1. The second-order valence-electron chi connectivity index (χ2n) is 6.15. The van der Waals surface area contributed by atoms with Gasteiger partial charge in [-0.2, -0.15) is 0 Å². The van der Waals surface area contributed by atoms with Gasteiger partial charge in [0.15, 0.2) is 0 Å². The van der Waals surface area contributed by atoms with Crippen molar-refractivity contribution in [2.45, 2.75) is 24.9 Å². The zero-order valence-corrected chi connectivity index (χ0v) is 16.0. The number of pyridine rings is 1. The number of amides is 1. The Hall–Kier alpha value is -2.53. The number of aryl methyl sites for hydroxylation is 1. The lowest BCUT2D eigenvalue weighted by atomic mass is 10.1. The normalized spacial score (nSPS) is 12.0. The van der Waals surface area contributed by atoms with Crippen LogP contribution in [0.15, 0.2) is 59.6 Å². The number of fused-ring (bicyclic) bond motifs is 1. The van der Waals surface area contributed by atoms with Gasteiger partial charge < -0.3 is 10.1 Å². The van der Waals surface area contributed by atoms with Crippen LogP contribution in [0.1, 0.15) is 24.1 Å². The molecule has 0 aliphatic rings. The van der Waals surface area contributed by atoms with Crippen LogP contribution in [-0.2, 0) is 4.79 Å². The van der Waals surface area contributed by atoms with E-state index in [4.69, 9.17) is 4.74 Å². The van der Waals surface area contributed by atoms with Gasteiger partial charge in [0.25, 0.3) is 0 Å². The van der Waals surface area contributed by atoms with Gasteiger partial charge in [0.1, 0.15) is 5.75 Å². The highest BCUT2D eigenvalue weighted by atomic mass is 32.2. The number of hydrogen-bond acceptors (Lipinski definition) is 4. The monoisotopic (exact) mass is 366 g/mol. The van der Waals surface area contributed by atoms with Crippen molar-refractivity contribution in [1.29, 1.82) is 0 Å². The number of ether oxygens (including phenoxy) is 1. The molecule has 1 atom stereocenters. The topological polar surface area (TPSA) is 51.2 Å². The van der Waals surface area contributed by atoms with Crippen LogP contribution in [0.5, 0.6) is 5.75 Å². The first kappa shape index (κ1) is 18.3. The summed E-state index contributed by atoms with van der Waals surface area (Å²) < 4.78 is 5.28. The van der Waals surface area contributed by atoms with Crippen molar-refractivity contribution < 1.29 is 9.53 Å². The van der Waals surface area contributed by atoms with Gasteiger partial charge in [0, 0.05) is 11.5 Å². The Morgan fingerprint density at radius 1 is 1.19 bits per heavy atom. The molecule has 3 aromatic rings. The first-order valence-corrected chi connectivity index (χ1v) is 9.48. The summed E-state index contributed by atoms with van der Waals surface area (Å²) >= 11 is 1.44. The maximum atomic E-state index is 12.3. The Bertz CT molecular complexity index is 913. The van der Waals surface area contributed by atoms with Gasteiger partial charge in [0.05, 0.1) is 29.4 Å². The maximum Gasteiger partial charge on any atom is 0.230 e. The fraction of sp³-hybridized carbons (Fsp3) is 0.238. The number of nitrogens with zero attached hydrogens (tertiary/aromatic N) is 1. The zero-order chi connectivity index (χ0) is 18.5. The van der Waals surface area contributed by atoms with Gasteiger partial charge in [-0.25, -0.2) is 4.98 Å². The molecule has 3 rings (SSSR count). The molecule has 0 spiro atoms. The number of carbonyl (C=O) groups is 1. The van der Waals surface area contributed by atoms with E-state index in [1.807, 2.05) is 61.5 Å². The molecule has 0 aliphatic carbocycles. The summed E-state index contributed by atoms with van der Waals surface area (Å²) in [7, 11) is 1.64. The third-order valence-corrected chi connectivity index (χ3v) is 5.14. The average Bonchev–Trinajstić information content (AvgIpc) is 2.66. The smallest absolute Gasteiger partial charge is 0.230 e. The number of benzene rings is 2. The molecule has 0 fully saturated rings. The van der Waals surface area contributed by atoms with E-state index in [9.17, 15) is 4.79 Å². The summed E-state index contributed by atoms with van der Waals surface area (Å²) in [5, 5.41) is 4.96. The third kappa shape index (κ3) is 4.35. The molecule has 0 saturated heterocycles. The van der Waals surface area contributed by atoms with E-state index in [0.717, 1.165) is 32.8 Å². The molecular formula is C21H22N2O2S. The van der Waals surface area contributed by atoms with Gasteiger partial charge in [-0.05, 0) is 43.2 Å². The Morgan fingerprint density at radius 2 is 1.96 bits per heavy atom. The van der Waals surface area contributed by atoms with Crippen molar-refractivity contribution in [3.63, 3.8) is 0 Å². The second kappa shape index (κ2) is 8.23. The summed E-state index contributed by atoms with van der Waals surface area (Å²) in [6.45, 7) is 4.04. The minimum atomic E-state index is -0.0140. The molecule has 26 heavy (non-hydrogen) atoms. The standard InChI is InChI=1S/C21H22N2O2S/c1-14-11-21(23-19-12-17(25-3)9-10-18(14)19)26-13-20(24)22-15(2)16-7-5-4-6-8-16/h4-12,15H,13H2,1-3H3,(H,22,24)/t15-/m1/s1.